The maximum Gasteiger partial charge on any atom is 0.149 e. The molecule has 1 heterocycles. The average molecular weight is 237 g/mol. The summed E-state index contributed by atoms with van der Waals surface area (Å²) in [6.45, 7) is 0. The fraction of sp³-hybridized carbons (Fsp3) is 0. The van der Waals surface area contributed by atoms with Gasteiger partial charge in [0.2, 0.25) is 0 Å². The number of rotatable bonds is 3. The maximum atomic E-state index is 13.3. The molecule has 0 aliphatic carbocycles. The van der Waals surface area contributed by atoms with Gasteiger partial charge in [-0.15, -0.1) is 0 Å². The molecule has 7 heteroatoms. The summed E-state index contributed by atoms with van der Waals surface area (Å²) in [7, 11) is 0. The second-order valence-electron chi connectivity index (χ2n) is 3.18. The molecule has 0 radical (unpaired) electrons. The molecule has 0 spiro atoms. The third kappa shape index (κ3) is 2.64. The van der Waals surface area contributed by atoms with E-state index in [2.05, 4.69) is 20.7 Å². The van der Waals surface area contributed by atoms with Gasteiger partial charge in [-0.25, -0.2) is 24.6 Å². The average Bonchev–Trinajstić information content (AvgIpc) is 2.33. The lowest BCUT2D eigenvalue weighted by molar-refractivity contribution is 0.586. The van der Waals surface area contributed by atoms with E-state index in [9.17, 15) is 8.78 Å². The van der Waals surface area contributed by atoms with Crippen LogP contribution in [0.15, 0.2) is 30.6 Å². The van der Waals surface area contributed by atoms with E-state index in [4.69, 9.17) is 5.84 Å². The summed E-state index contributed by atoms with van der Waals surface area (Å²) in [6, 6.07) is 4.70. The number of nitrogens with two attached hydrogens (primary N) is 1. The molecule has 4 N–H and O–H groups in total. The first-order valence-corrected chi connectivity index (χ1v) is 4.70. The van der Waals surface area contributed by atoms with Crippen LogP contribution in [0.5, 0.6) is 0 Å². The zero-order chi connectivity index (χ0) is 12.3. The van der Waals surface area contributed by atoms with Crippen molar-refractivity contribution in [2.45, 2.75) is 0 Å². The normalized spacial score (nSPS) is 10.1. The topological polar surface area (TPSA) is 75.9 Å². The summed E-state index contributed by atoms with van der Waals surface area (Å²) < 4.78 is 26.0. The number of hydrogen-bond donors (Lipinski definition) is 3. The van der Waals surface area contributed by atoms with Gasteiger partial charge in [0.25, 0.3) is 0 Å². The van der Waals surface area contributed by atoms with Crippen LogP contribution in [-0.2, 0) is 0 Å². The molecule has 2 aromatic rings. The first-order valence-electron chi connectivity index (χ1n) is 4.70. The minimum atomic E-state index is -0.703. The highest BCUT2D eigenvalue weighted by Crippen LogP contribution is 2.19. The van der Waals surface area contributed by atoms with E-state index in [1.165, 1.54) is 18.5 Å². The number of halogens is 2. The number of nitrogens with one attached hydrogen (secondary N) is 2. The number of hydrazine groups is 1. The van der Waals surface area contributed by atoms with Crippen molar-refractivity contribution in [3.63, 3.8) is 0 Å². The lowest BCUT2D eigenvalue weighted by Crippen LogP contribution is -2.09. The molecule has 0 unspecified atom stereocenters. The molecule has 0 saturated heterocycles. The minimum absolute atomic E-state index is 0.119. The molecule has 0 amide bonds. The van der Waals surface area contributed by atoms with Crippen LogP contribution in [0.3, 0.4) is 0 Å². The lowest BCUT2D eigenvalue weighted by Gasteiger charge is -2.07. The van der Waals surface area contributed by atoms with Crippen molar-refractivity contribution in [1.29, 1.82) is 0 Å². The second-order valence-corrected chi connectivity index (χ2v) is 3.18. The van der Waals surface area contributed by atoms with Crippen LogP contribution >= 0.6 is 0 Å². The van der Waals surface area contributed by atoms with Gasteiger partial charge in [0.05, 0.1) is 5.69 Å². The predicted octanol–water partition coefficient (Wildman–Crippen LogP) is 1.78. The number of benzene rings is 1. The predicted molar refractivity (Wildman–Crippen MR) is 59.5 cm³/mol. The van der Waals surface area contributed by atoms with Crippen LogP contribution in [0, 0.1) is 11.6 Å². The zero-order valence-electron chi connectivity index (χ0n) is 8.61. The largest absolute Gasteiger partial charge is 0.338 e. The molecule has 0 atom stereocenters. The summed E-state index contributed by atoms with van der Waals surface area (Å²) in [5.74, 6) is 4.55. The van der Waals surface area contributed by atoms with E-state index in [1.54, 1.807) is 0 Å². The van der Waals surface area contributed by atoms with Gasteiger partial charge >= 0.3 is 0 Å². The van der Waals surface area contributed by atoms with Gasteiger partial charge in [-0.2, -0.15) is 0 Å². The van der Waals surface area contributed by atoms with E-state index in [-0.39, 0.29) is 5.69 Å². The van der Waals surface area contributed by atoms with Crippen molar-refractivity contribution in [2.75, 3.05) is 10.7 Å². The Labute approximate surface area is 95.7 Å². The highest BCUT2D eigenvalue weighted by molar-refractivity contribution is 5.59. The smallest absolute Gasteiger partial charge is 0.149 e. The summed E-state index contributed by atoms with van der Waals surface area (Å²) in [5.41, 5.74) is 2.45. The molecular formula is C10H9F2N5. The van der Waals surface area contributed by atoms with Crippen LogP contribution in [0.2, 0.25) is 0 Å². The number of anilines is 3. The second kappa shape index (κ2) is 4.71. The molecular weight excluding hydrogens is 228 g/mol. The van der Waals surface area contributed by atoms with E-state index in [1.807, 2.05) is 0 Å². The Morgan fingerprint density at radius 2 is 1.82 bits per heavy atom. The molecule has 0 bridgehead atoms. The van der Waals surface area contributed by atoms with Gasteiger partial charge in [-0.3, -0.25) is 0 Å². The van der Waals surface area contributed by atoms with Crippen LogP contribution in [0.25, 0.3) is 0 Å². The van der Waals surface area contributed by atoms with Gasteiger partial charge in [0.1, 0.15) is 29.6 Å². The summed E-state index contributed by atoms with van der Waals surface area (Å²) >= 11 is 0. The first kappa shape index (κ1) is 11.2. The Morgan fingerprint density at radius 1 is 1.06 bits per heavy atom. The van der Waals surface area contributed by atoms with Crippen molar-refractivity contribution in [3.05, 3.63) is 42.2 Å². The van der Waals surface area contributed by atoms with Crippen molar-refractivity contribution in [3.8, 4) is 0 Å². The van der Waals surface area contributed by atoms with E-state index in [0.717, 1.165) is 12.1 Å². The molecule has 17 heavy (non-hydrogen) atoms. The Bertz CT molecular complexity index is 532. The molecule has 0 saturated carbocycles. The summed E-state index contributed by atoms with van der Waals surface area (Å²) in [5, 5.41) is 2.69. The Morgan fingerprint density at radius 3 is 2.53 bits per heavy atom. The van der Waals surface area contributed by atoms with Gasteiger partial charge in [0, 0.05) is 12.1 Å². The number of nitrogen functional groups attached to an aromatic ring is 1. The third-order valence-electron chi connectivity index (χ3n) is 2.01. The molecule has 0 fully saturated rings. The fourth-order valence-electron chi connectivity index (χ4n) is 1.23. The fourth-order valence-corrected chi connectivity index (χ4v) is 1.23. The Kier molecular flexibility index (Phi) is 3.10. The highest BCUT2D eigenvalue weighted by atomic mass is 19.1. The highest BCUT2D eigenvalue weighted by Gasteiger charge is 2.05. The third-order valence-corrected chi connectivity index (χ3v) is 2.01. The van der Waals surface area contributed by atoms with Crippen LogP contribution in [0.1, 0.15) is 0 Å². The van der Waals surface area contributed by atoms with Crippen LogP contribution < -0.4 is 16.6 Å². The molecule has 2 rings (SSSR count). The van der Waals surface area contributed by atoms with Crippen LogP contribution in [0.4, 0.5) is 26.1 Å². The van der Waals surface area contributed by atoms with Crippen molar-refractivity contribution >= 4 is 17.3 Å². The summed E-state index contributed by atoms with van der Waals surface area (Å²) in [6.07, 6.45) is 1.26. The molecule has 0 aliphatic heterocycles. The number of nitrogens with zero attached hydrogens (tertiary/aromatic N) is 2. The van der Waals surface area contributed by atoms with Crippen molar-refractivity contribution in [1.82, 2.24) is 9.97 Å². The first-order chi connectivity index (χ1) is 8.19. The minimum Gasteiger partial charge on any atom is -0.338 e. The van der Waals surface area contributed by atoms with Gasteiger partial charge in [-0.1, -0.05) is 0 Å². The van der Waals surface area contributed by atoms with Crippen molar-refractivity contribution < 1.29 is 8.78 Å². The number of hydrogen-bond acceptors (Lipinski definition) is 5. The van der Waals surface area contributed by atoms with E-state index < -0.39 is 11.6 Å². The van der Waals surface area contributed by atoms with E-state index in [0.29, 0.717) is 11.6 Å². The number of aromatic nitrogens is 2. The quantitative estimate of drug-likeness (QED) is 0.560. The molecule has 1 aromatic heterocycles. The maximum absolute atomic E-state index is 13.3. The molecule has 88 valence electrons. The van der Waals surface area contributed by atoms with Gasteiger partial charge in [-0.05, 0) is 12.1 Å². The SMILES string of the molecule is NNc1cc(Nc2ccc(F)cc2F)ncn1. The van der Waals surface area contributed by atoms with Gasteiger partial charge < -0.3 is 10.7 Å². The molecule has 0 aliphatic rings. The van der Waals surface area contributed by atoms with Crippen LogP contribution in [-0.4, -0.2) is 9.97 Å². The standard InChI is InChI=1S/C10H9F2N5/c11-6-1-2-8(7(12)3-6)16-9-4-10(17-13)15-5-14-9/h1-5H,13H2,(H2,14,15,16,17). The monoisotopic (exact) mass is 237 g/mol. The van der Waals surface area contributed by atoms with Crippen molar-refractivity contribution in [2.24, 2.45) is 5.84 Å². The van der Waals surface area contributed by atoms with E-state index >= 15 is 0 Å². The Balaban J connectivity index is 2.25. The molecule has 5 nitrogen and oxygen atoms in total. The zero-order valence-corrected chi connectivity index (χ0v) is 8.61. The Hall–Kier alpha value is -2.28. The summed E-state index contributed by atoms with van der Waals surface area (Å²) in [4.78, 5) is 7.66. The lowest BCUT2D eigenvalue weighted by atomic mass is 10.3. The van der Waals surface area contributed by atoms with Gasteiger partial charge in [0.15, 0.2) is 0 Å². The molecule has 1 aromatic carbocycles.